The van der Waals surface area contributed by atoms with Crippen LogP contribution in [0.2, 0.25) is 0 Å². The largest absolute Gasteiger partial charge is 0.497 e. The lowest BCUT2D eigenvalue weighted by Crippen LogP contribution is -2.11. The van der Waals surface area contributed by atoms with Gasteiger partial charge in [0.25, 0.3) is 0 Å². The quantitative estimate of drug-likeness (QED) is 0.253. The number of rotatable bonds is 7. The summed E-state index contributed by atoms with van der Waals surface area (Å²) in [5.74, 6) is 1.57. The summed E-state index contributed by atoms with van der Waals surface area (Å²) >= 11 is 5.09. The fraction of sp³-hybridized carbons (Fsp3) is 0.0769. The van der Waals surface area contributed by atoms with Gasteiger partial charge in [0.05, 0.1) is 25.6 Å². The van der Waals surface area contributed by atoms with Gasteiger partial charge in [0.2, 0.25) is 4.80 Å². The first-order chi connectivity index (χ1) is 16.2. The van der Waals surface area contributed by atoms with Crippen molar-refractivity contribution in [3.8, 4) is 22.8 Å². The second kappa shape index (κ2) is 10.9. The van der Waals surface area contributed by atoms with Crippen LogP contribution in [0.1, 0.15) is 5.56 Å². The molecule has 0 saturated carbocycles. The van der Waals surface area contributed by atoms with Gasteiger partial charge in [-0.1, -0.05) is 52.3 Å². The van der Waals surface area contributed by atoms with Gasteiger partial charge in [0.1, 0.15) is 11.5 Å². The van der Waals surface area contributed by atoms with Crippen LogP contribution in [-0.2, 0) is 0 Å². The van der Waals surface area contributed by atoms with Crippen LogP contribution >= 0.6 is 27.3 Å². The zero-order chi connectivity index (χ0) is 23.0. The Labute approximate surface area is 205 Å². The van der Waals surface area contributed by atoms with Crippen molar-refractivity contribution in [3.05, 3.63) is 99.1 Å². The molecule has 33 heavy (non-hydrogen) atoms. The summed E-state index contributed by atoms with van der Waals surface area (Å²) in [5, 5.41) is 6.77. The predicted molar refractivity (Wildman–Crippen MR) is 140 cm³/mol. The molecule has 3 aromatic carbocycles. The lowest BCUT2D eigenvalue weighted by molar-refractivity contribution is 0.414. The van der Waals surface area contributed by atoms with Crippen molar-refractivity contribution >= 4 is 45.2 Å². The van der Waals surface area contributed by atoms with Gasteiger partial charge >= 0.3 is 0 Å². The third kappa shape index (κ3) is 5.69. The van der Waals surface area contributed by atoms with Gasteiger partial charge < -0.3 is 9.47 Å². The Bertz CT molecular complexity index is 1370. The number of thiazole rings is 1. The van der Waals surface area contributed by atoms with Gasteiger partial charge in [-0.15, -0.1) is 11.3 Å². The van der Waals surface area contributed by atoms with Gasteiger partial charge in [0.15, 0.2) is 0 Å². The highest BCUT2D eigenvalue weighted by Crippen LogP contribution is 2.25. The number of nitrogens with zero attached hydrogens (tertiary/aromatic N) is 3. The maximum atomic E-state index is 5.41. The molecule has 1 heterocycles. The van der Waals surface area contributed by atoms with E-state index >= 15 is 0 Å². The maximum absolute atomic E-state index is 5.41. The summed E-state index contributed by atoms with van der Waals surface area (Å²) in [6.07, 6.45) is 5.61. The Morgan fingerprint density at radius 2 is 1.79 bits per heavy atom. The highest BCUT2D eigenvalue weighted by Gasteiger charge is 2.08. The zero-order valence-corrected chi connectivity index (χ0v) is 20.6. The van der Waals surface area contributed by atoms with E-state index in [-0.39, 0.29) is 0 Å². The van der Waals surface area contributed by atoms with Gasteiger partial charge in [-0.3, -0.25) is 0 Å². The Kier molecular flexibility index (Phi) is 7.55. The van der Waals surface area contributed by atoms with E-state index in [9.17, 15) is 0 Å². The second-order valence-electron chi connectivity index (χ2n) is 6.90. The van der Waals surface area contributed by atoms with Gasteiger partial charge in [0, 0.05) is 33.3 Å². The number of halogens is 1. The van der Waals surface area contributed by atoms with Crippen molar-refractivity contribution in [3.63, 3.8) is 0 Å². The minimum absolute atomic E-state index is 0.750. The molecule has 5 nitrogen and oxygen atoms in total. The normalized spacial score (nSPS) is 12.0. The minimum Gasteiger partial charge on any atom is -0.497 e. The molecule has 0 unspecified atom stereocenters. The molecule has 0 amide bonds. The molecule has 0 radical (unpaired) electrons. The predicted octanol–water partition coefficient (Wildman–Crippen LogP) is 6.78. The summed E-state index contributed by atoms with van der Waals surface area (Å²) in [7, 11) is 3.31. The molecule has 4 aromatic rings. The SMILES string of the molecule is COc1cccc(N=c2scc(-c3cccc(Br)c3)n2N=CC=Cc2ccccc2OC)c1. The van der Waals surface area contributed by atoms with Crippen molar-refractivity contribution in [1.29, 1.82) is 0 Å². The van der Waals surface area contributed by atoms with Gasteiger partial charge in [-0.25, -0.2) is 9.67 Å². The molecule has 166 valence electrons. The first-order valence-electron chi connectivity index (χ1n) is 10.2. The average Bonchev–Trinajstić information content (AvgIpc) is 3.24. The number of hydrogen-bond acceptors (Lipinski definition) is 5. The second-order valence-corrected chi connectivity index (χ2v) is 8.66. The van der Waals surface area contributed by atoms with Crippen molar-refractivity contribution in [1.82, 2.24) is 4.68 Å². The number of benzene rings is 3. The van der Waals surface area contributed by atoms with E-state index in [1.807, 2.05) is 77.5 Å². The van der Waals surface area contributed by atoms with Crippen molar-refractivity contribution < 1.29 is 9.47 Å². The summed E-state index contributed by atoms with van der Waals surface area (Å²) in [6.45, 7) is 0. The van der Waals surface area contributed by atoms with Crippen molar-refractivity contribution in [2.24, 2.45) is 10.1 Å². The smallest absolute Gasteiger partial charge is 0.211 e. The van der Waals surface area contributed by atoms with E-state index < -0.39 is 0 Å². The molecule has 0 aliphatic rings. The number of aromatic nitrogens is 1. The van der Waals surface area contributed by atoms with Gasteiger partial charge in [-0.2, -0.15) is 5.10 Å². The first kappa shape index (κ1) is 22.8. The lowest BCUT2D eigenvalue weighted by atomic mass is 10.2. The fourth-order valence-electron chi connectivity index (χ4n) is 3.18. The number of ether oxygens (including phenoxy) is 2. The van der Waals surface area contributed by atoms with Crippen molar-refractivity contribution in [2.75, 3.05) is 14.2 Å². The number of methoxy groups -OCH3 is 2. The van der Waals surface area contributed by atoms with Crippen LogP contribution in [0.15, 0.2) is 98.8 Å². The van der Waals surface area contributed by atoms with Gasteiger partial charge in [-0.05, 0) is 42.5 Å². The summed E-state index contributed by atoms with van der Waals surface area (Å²) in [6, 6.07) is 23.6. The molecule has 0 bridgehead atoms. The van der Waals surface area contributed by atoms with Crippen LogP contribution in [-0.4, -0.2) is 25.1 Å². The van der Waals surface area contributed by atoms with Crippen LogP contribution in [0.25, 0.3) is 17.3 Å². The molecule has 0 aliphatic heterocycles. The highest BCUT2D eigenvalue weighted by molar-refractivity contribution is 9.10. The highest BCUT2D eigenvalue weighted by atomic mass is 79.9. The molecule has 0 spiro atoms. The Hall–Kier alpha value is -3.42. The molecular formula is C26H22BrN3O2S. The molecule has 0 aliphatic carbocycles. The summed E-state index contributed by atoms with van der Waals surface area (Å²) < 4.78 is 13.6. The number of allylic oxidation sites excluding steroid dienone is 1. The molecule has 0 fully saturated rings. The van der Waals surface area contributed by atoms with E-state index in [4.69, 9.17) is 19.6 Å². The molecule has 7 heteroatoms. The monoisotopic (exact) mass is 519 g/mol. The average molecular weight is 520 g/mol. The van der Waals surface area contributed by atoms with Crippen LogP contribution in [0.3, 0.4) is 0 Å². The summed E-state index contributed by atoms with van der Waals surface area (Å²) in [4.78, 5) is 5.56. The molecule has 0 saturated heterocycles. The topological polar surface area (TPSA) is 48.1 Å². The summed E-state index contributed by atoms with van der Waals surface area (Å²) in [5.41, 5.74) is 3.77. The van der Waals surface area contributed by atoms with E-state index in [0.717, 1.165) is 43.3 Å². The first-order valence-corrected chi connectivity index (χ1v) is 11.8. The van der Waals surface area contributed by atoms with Crippen molar-refractivity contribution in [2.45, 2.75) is 0 Å². The zero-order valence-electron chi connectivity index (χ0n) is 18.2. The Morgan fingerprint density at radius 3 is 2.61 bits per heavy atom. The van der Waals surface area contributed by atoms with Crippen LogP contribution < -0.4 is 14.3 Å². The number of para-hydroxylation sites is 1. The van der Waals surface area contributed by atoms with E-state index in [1.54, 1.807) is 20.4 Å². The Balaban J connectivity index is 1.75. The van der Waals surface area contributed by atoms with E-state index in [2.05, 4.69) is 33.4 Å². The van der Waals surface area contributed by atoms with E-state index in [1.165, 1.54) is 11.3 Å². The minimum atomic E-state index is 0.750. The molecule has 0 atom stereocenters. The van der Waals surface area contributed by atoms with Crippen LogP contribution in [0.5, 0.6) is 11.5 Å². The molecule has 0 N–H and O–H groups in total. The third-order valence-corrected chi connectivity index (χ3v) is 6.08. The van der Waals surface area contributed by atoms with Crippen LogP contribution in [0.4, 0.5) is 5.69 Å². The molecular weight excluding hydrogens is 498 g/mol. The fourth-order valence-corrected chi connectivity index (χ4v) is 4.44. The molecule has 4 rings (SSSR count). The number of hydrogen-bond donors (Lipinski definition) is 0. The molecule has 1 aromatic heterocycles. The maximum Gasteiger partial charge on any atom is 0.211 e. The third-order valence-electron chi connectivity index (χ3n) is 4.77. The van der Waals surface area contributed by atoms with Crippen LogP contribution in [0, 0.1) is 0 Å². The Morgan fingerprint density at radius 1 is 0.939 bits per heavy atom. The standard InChI is InChI=1S/C26H22BrN3O2S/c1-31-23-13-6-12-22(17-23)29-26-30(24(18-33-26)20-9-5-11-21(27)16-20)28-15-7-10-19-8-3-4-14-25(19)32-2/h3-18H,1-2H3. The lowest BCUT2D eigenvalue weighted by Gasteiger charge is -2.04. The van der Waals surface area contributed by atoms with E-state index in [0.29, 0.717) is 0 Å².